The molecule has 8 heteroatoms. The number of anilines is 1. The van der Waals surface area contributed by atoms with Gasteiger partial charge in [-0.15, -0.1) is 0 Å². The van der Waals surface area contributed by atoms with Crippen molar-refractivity contribution in [2.45, 2.75) is 6.54 Å². The van der Waals surface area contributed by atoms with Gasteiger partial charge < -0.3 is 5.32 Å². The lowest BCUT2D eigenvalue weighted by molar-refractivity contribution is -0.117. The quantitative estimate of drug-likeness (QED) is 0.895. The van der Waals surface area contributed by atoms with Gasteiger partial charge in [-0.1, -0.05) is 45.2 Å². The second kappa shape index (κ2) is 6.39. The third kappa shape index (κ3) is 3.59. The zero-order valence-electron chi connectivity index (χ0n) is 9.94. The second-order valence-corrected chi connectivity index (χ2v) is 5.53. The summed E-state index contributed by atoms with van der Waals surface area (Å²) in [6, 6.07) is 7.08. The fourth-order valence-electron chi connectivity index (χ4n) is 1.46. The summed E-state index contributed by atoms with van der Waals surface area (Å²) in [5, 5.41) is 6.30. The highest BCUT2D eigenvalue weighted by Gasteiger charge is 2.11. The lowest BCUT2D eigenvalue weighted by Gasteiger charge is -2.07. The number of carbonyl (C=O) groups excluding carboxylic acids is 1. The van der Waals surface area contributed by atoms with Gasteiger partial charge in [0.1, 0.15) is 11.6 Å². The Morgan fingerprint density at radius 1 is 1.40 bits per heavy atom. The SMILES string of the molecule is O=C(Cn1ncc(Cl)c(Cl)c1=O)Nc1cccc(Br)c1. The minimum absolute atomic E-state index is 0.0558. The van der Waals surface area contributed by atoms with Crippen LogP contribution < -0.4 is 10.9 Å². The predicted octanol–water partition coefficient (Wildman–Crippen LogP) is 2.95. The molecule has 0 saturated carbocycles. The van der Waals surface area contributed by atoms with E-state index in [1.54, 1.807) is 18.2 Å². The number of nitrogens with zero attached hydrogens (tertiary/aromatic N) is 2. The first kappa shape index (κ1) is 15.0. The van der Waals surface area contributed by atoms with E-state index >= 15 is 0 Å². The maximum absolute atomic E-state index is 11.8. The van der Waals surface area contributed by atoms with Gasteiger partial charge >= 0.3 is 0 Å². The van der Waals surface area contributed by atoms with E-state index < -0.39 is 11.5 Å². The summed E-state index contributed by atoms with van der Waals surface area (Å²) < 4.78 is 1.78. The zero-order chi connectivity index (χ0) is 14.7. The molecule has 0 atom stereocenters. The summed E-state index contributed by atoms with van der Waals surface area (Å²) in [5.74, 6) is -0.393. The van der Waals surface area contributed by atoms with Gasteiger partial charge in [-0.2, -0.15) is 5.10 Å². The van der Waals surface area contributed by atoms with Gasteiger partial charge in [0, 0.05) is 10.2 Å². The fraction of sp³-hybridized carbons (Fsp3) is 0.0833. The molecule has 0 aliphatic rings. The van der Waals surface area contributed by atoms with Crippen molar-refractivity contribution in [2.75, 3.05) is 5.32 Å². The Hall–Kier alpha value is -1.37. The molecular formula is C12H8BrCl2N3O2. The minimum Gasteiger partial charge on any atom is -0.324 e. The van der Waals surface area contributed by atoms with Crippen molar-refractivity contribution in [3.63, 3.8) is 0 Å². The standard InChI is InChI=1S/C12H8BrCl2N3O2/c13-7-2-1-3-8(4-7)17-10(19)6-18-12(20)11(15)9(14)5-16-18/h1-5H,6H2,(H,17,19). The molecule has 0 aliphatic heterocycles. The van der Waals surface area contributed by atoms with Gasteiger partial charge in [0.15, 0.2) is 0 Å². The Labute approximate surface area is 132 Å². The van der Waals surface area contributed by atoms with Gasteiger partial charge in [-0.3, -0.25) is 9.59 Å². The maximum Gasteiger partial charge on any atom is 0.287 e. The highest BCUT2D eigenvalue weighted by molar-refractivity contribution is 9.10. The van der Waals surface area contributed by atoms with Crippen LogP contribution in [0.25, 0.3) is 0 Å². The Morgan fingerprint density at radius 3 is 2.85 bits per heavy atom. The monoisotopic (exact) mass is 375 g/mol. The third-order valence-electron chi connectivity index (χ3n) is 2.34. The van der Waals surface area contributed by atoms with E-state index in [1.165, 1.54) is 6.20 Å². The average Bonchev–Trinajstić information content (AvgIpc) is 2.39. The molecule has 1 amide bonds. The predicted molar refractivity (Wildman–Crippen MR) is 81.3 cm³/mol. The van der Waals surface area contributed by atoms with Crippen LogP contribution in [0.15, 0.2) is 39.7 Å². The molecule has 0 spiro atoms. The van der Waals surface area contributed by atoms with Crippen molar-refractivity contribution in [3.05, 3.63) is 55.3 Å². The molecular weight excluding hydrogens is 369 g/mol. The van der Waals surface area contributed by atoms with Crippen molar-refractivity contribution >= 4 is 50.7 Å². The summed E-state index contributed by atoms with van der Waals surface area (Å²) in [4.78, 5) is 23.6. The van der Waals surface area contributed by atoms with Crippen molar-refractivity contribution in [3.8, 4) is 0 Å². The molecule has 2 rings (SSSR count). The molecule has 20 heavy (non-hydrogen) atoms. The van der Waals surface area contributed by atoms with Crippen LogP contribution in [0.2, 0.25) is 10.0 Å². The molecule has 0 aliphatic carbocycles. The largest absolute Gasteiger partial charge is 0.324 e. The summed E-state index contributed by atoms with van der Waals surface area (Å²) in [6.45, 7) is -0.248. The van der Waals surface area contributed by atoms with E-state index in [-0.39, 0.29) is 16.6 Å². The van der Waals surface area contributed by atoms with E-state index in [0.717, 1.165) is 9.15 Å². The maximum atomic E-state index is 11.8. The zero-order valence-corrected chi connectivity index (χ0v) is 13.0. The van der Waals surface area contributed by atoms with Gasteiger partial charge in [0.05, 0.1) is 11.2 Å². The summed E-state index contributed by atoms with van der Waals surface area (Å²) in [5.41, 5.74) is 0.000966. The van der Waals surface area contributed by atoms with Crippen LogP contribution in [0.1, 0.15) is 0 Å². The van der Waals surface area contributed by atoms with Crippen LogP contribution in [-0.4, -0.2) is 15.7 Å². The Morgan fingerprint density at radius 2 is 2.15 bits per heavy atom. The Bertz CT molecular complexity index is 718. The molecule has 1 aromatic carbocycles. The van der Waals surface area contributed by atoms with Crippen LogP contribution in [0, 0.1) is 0 Å². The molecule has 0 saturated heterocycles. The molecule has 1 heterocycles. The smallest absolute Gasteiger partial charge is 0.287 e. The number of hydrogen-bond acceptors (Lipinski definition) is 3. The second-order valence-electron chi connectivity index (χ2n) is 3.83. The normalized spacial score (nSPS) is 10.3. The van der Waals surface area contributed by atoms with Crippen molar-refractivity contribution < 1.29 is 4.79 Å². The minimum atomic E-state index is -0.608. The highest BCUT2D eigenvalue weighted by Crippen LogP contribution is 2.16. The molecule has 0 fully saturated rings. The van der Waals surface area contributed by atoms with E-state index in [0.29, 0.717) is 5.69 Å². The topological polar surface area (TPSA) is 64.0 Å². The van der Waals surface area contributed by atoms with Crippen molar-refractivity contribution in [1.29, 1.82) is 0 Å². The molecule has 2 aromatic rings. The Balaban J connectivity index is 2.13. The van der Waals surface area contributed by atoms with Crippen molar-refractivity contribution in [2.24, 2.45) is 0 Å². The van der Waals surface area contributed by atoms with Crippen LogP contribution >= 0.6 is 39.1 Å². The van der Waals surface area contributed by atoms with E-state index in [1.807, 2.05) is 6.07 Å². The summed E-state index contributed by atoms with van der Waals surface area (Å²) in [7, 11) is 0. The number of benzene rings is 1. The number of aromatic nitrogens is 2. The molecule has 0 radical (unpaired) electrons. The van der Waals surface area contributed by atoms with Gasteiger partial charge in [-0.25, -0.2) is 4.68 Å². The number of carbonyl (C=O) groups is 1. The molecule has 1 aromatic heterocycles. The van der Waals surface area contributed by atoms with E-state index in [2.05, 4.69) is 26.3 Å². The highest BCUT2D eigenvalue weighted by atomic mass is 79.9. The number of amides is 1. The molecule has 0 bridgehead atoms. The van der Waals surface area contributed by atoms with Crippen LogP contribution in [-0.2, 0) is 11.3 Å². The van der Waals surface area contributed by atoms with Crippen molar-refractivity contribution in [1.82, 2.24) is 9.78 Å². The first-order valence-electron chi connectivity index (χ1n) is 5.44. The lowest BCUT2D eigenvalue weighted by atomic mass is 10.3. The van der Waals surface area contributed by atoms with Gasteiger partial charge in [0.2, 0.25) is 5.91 Å². The summed E-state index contributed by atoms with van der Waals surface area (Å²) >= 11 is 14.7. The molecule has 104 valence electrons. The first-order chi connectivity index (χ1) is 9.47. The van der Waals surface area contributed by atoms with Gasteiger partial charge in [0.25, 0.3) is 5.56 Å². The number of nitrogens with one attached hydrogen (secondary N) is 1. The molecule has 5 nitrogen and oxygen atoms in total. The van der Waals surface area contributed by atoms with E-state index in [9.17, 15) is 9.59 Å². The average molecular weight is 377 g/mol. The number of halogens is 3. The van der Waals surface area contributed by atoms with Gasteiger partial charge in [-0.05, 0) is 18.2 Å². The van der Waals surface area contributed by atoms with Crippen LogP contribution in [0.4, 0.5) is 5.69 Å². The molecule has 0 unspecified atom stereocenters. The lowest BCUT2D eigenvalue weighted by Crippen LogP contribution is -2.29. The van der Waals surface area contributed by atoms with E-state index in [4.69, 9.17) is 23.2 Å². The summed E-state index contributed by atoms with van der Waals surface area (Å²) in [6.07, 6.45) is 1.22. The van der Waals surface area contributed by atoms with Crippen LogP contribution in [0.3, 0.4) is 0 Å². The first-order valence-corrected chi connectivity index (χ1v) is 6.99. The fourth-order valence-corrected chi connectivity index (χ4v) is 2.13. The molecule has 1 N–H and O–H groups in total. The number of hydrogen-bond donors (Lipinski definition) is 1. The van der Waals surface area contributed by atoms with Crippen LogP contribution in [0.5, 0.6) is 0 Å². The number of rotatable bonds is 3. The Kier molecular flexibility index (Phi) is 4.80. The third-order valence-corrected chi connectivity index (χ3v) is 3.59.